The third-order valence-corrected chi connectivity index (χ3v) is 5.31. The largest absolute Gasteiger partial charge is 0.494 e. The monoisotopic (exact) mass is 377 g/mol. The smallest absolute Gasteiger partial charge is 0.325 e. The van der Waals surface area contributed by atoms with Crippen LogP contribution in [0.3, 0.4) is 0 Å². The third kappa shape index (κ3) is 3.74. The van der Waals surface area contributed by atoms with Gasteiger partial charge >= 0.3 is 6.03 Å². The number of carbonyl (C=O) groups excluding carboxylic acids is 3. The number of benzene rings is 1. The molecule has 1 aromatic rings. The van der Waals surface area contributed by atoms with Gasteiger partial charge in [0.25, 0.3) is 5.91 Å². The lowest BCUT2D eigenvalue weighted by Gasteiger charge is -2.21. The summed E-state index contributed by atoms with van der Waals surface area (Å²) in [5.74, 6) is -0.791. The van der Waals surface area contributed by atoms with Crippen LogP contribution in [-0.2, 0) is 16.1 Å². The van der Waals surface area contributed by atoms with Gasteiger partial charge in [0.15, 0.2) is 11.6 Å². The number of methoxy groups -OCH3 is 1. The number of imide groups is 1. The molecule has 1 heterocycles. The average molecular weight is 377 g/mol. The molecule has 27 heavy (non-hydrogen) atoms. The minimum absolute atomic E-state index is 0.0321. The highest BCUT2D eigenvalue weighted by molar-refractivity contribution is 6.07. The van der Waals surface area contributed by atoms with Crippen LogP contribution >= 0.6 is 0 Å². The van der Waals surface area contributed by atoms with Crippen molar-refractivity contribution in [3.63, 3.8) is 0 Å². The highest BCUT2D eigenvalue weighted by Crippen LogP contribution is 2.35. The molecule has 0 aromatic heterocycles. The number of hydrogen-bond donors (Lipinski definition) is 1. The van der Waals surface area contributed by atoms with Gasteiger partial charge in [0.1, 0.15) is 5.54 Å². The van der Waals surface area contributed by atoms with Gasteiger partial charge in [-0.25, -0.2) is 9.18 Å². The number of hydrogen-bond acceptors (Lipinski definition) is 4. The van der Waals surface area contributed by atoms with Crippen LogP contribution in [-0.4, -0.2) is 53.9 Å². The number of carbonyl (C=O) groups is 3. The molecule has 4 amide bonds. The zero-order valence-electron chi connectivity index (χ0n) is 15.6. The number of urea groups is 1. The van der Waals surface area contributed by atoms with Crippen LogP contribution in [0.2, 0.25) is 0 Å². The molecule has 0 bridgehead atoms. The first-order valence-electron chi connectivity index (χ1n) is 9.07. The molecule has 0 radical (unpaired) electrons. The molecule has 1 saturated carbocycles. The zero-order chi connectivity index (χ0) is 19.6. The topological polar surface area (TPSA) is 79.0 Å². The molecular formula is C19H24FN3O4. The number of amides is 4. The van der Waals surface area contributed by atoms with Gasteiger partial charge in [-0.15, -0.1) is 0 Å². The maximum absolute atomic E-state index is 13.8. The first-order valence-corrected chi connectivity index (χ1v) is 9.07. The quantitative estimate of drug-likeness (QED) is 0.770. The van der Waals surface area contributed by atoms with Crippen LogP contribution in [0.1, 0.15) is 37.7 Å². The molecule has 1 spiro atoms. The van der Waals surface area contributed by atoms with E-state index >= 15 is 0 Å². The van der Waals surface area contributed by atoms with Crippen molar-refractivity contribution >= 4 is 17.8 Å². The second kappa shape index (κ2) is 7.54. The van der Waals surface area contributed by atoms with E-state index in [0.29, 0.717) is 18.4 Å². The van der Waals surface area contributed by atoms with Gasteiger partial charge in [0.2, 0.25) is 5.91 Å². The fourth-order valence-corrected chi connectivity index (χ4v) is 3.77. The molecule has 2 fully saturated rings. The van der Waals surface area contributed by atoms with Crippen molar-refractivity contribution in [1.29, 1.82) is 0 Å². The molecule has 8 heteroatoms. The summed E-state index contributed by atoms with van der Waals surface area (Å²) in [4.78, 5) is 39.7. The number of rotatable bonds is 6. The Balaban J connectivity index is 1.55. The predicted octanol–water partition coefficient (Wildman–Crippen LogP) is 2.05. The summed E-state index contributed by atoms with van der Waals surface area (Å²) >= 11 is 0. The number of nitrogens with zero attached hydrogens (tertiary/aromatic N) is 2. The Morgan fingerprint density at radius 2 is 2.04 bits per heavy atom. The number of ether oxygens (including phenoxy) is 1. The standard InChI is InChI=1S/C19H24FN3O4/c1-22(12-13-5-6-15(27-2)14(20)11-13)16(24)7-10-23-17(25)19(21-18(23)26)8-3-4-9-19/h5-6,11H,3-4,7-10,12H2,1-2H3,(H,21,26). The van der Waals surface area contributed by atoms with Gasteiger partial charge in [-0.1, -0.05) is 18.9 Å². The van der Waals surface area contributed by atoms with Gasteiger partial charge in [-0.05, 0) is 30.5 Å². The highest BCUT2D eigenvalue weighted by atomic mass is 19.1. The molecule has 0 unspecified atom stereocenters. The minimum atomic E-state index is -0.757. The van der Waals surface area contributed by atoms with Crippen LogP contribution in [0.5, 0.6) is 5.75 Å². The van der Waals surface area contributed by atoms with E-state index < -0.39 is 17.4 Å². The minimum Gasteiger partial charge on any atom is -0.494 e. The summed E-state index contributed by atoms with van der Waals surface area (Å²) in [7, 11) is 2.99. The van der Waals surface area contributed by atoms with Crippen LogP contribution in [0, 0.1) is 5.82 Å². The molecule has 2 aliphatic rings. The predicted molar refractivity (Wildman–Crippen MR) is 95.5 cm³/mol. The van der Waals surface area contributed by atoms with E-state index in [4.69, 9.17) is 4.74 Å². The number of nitrogens with one attached hydrogen (secondary N) is 1. The van der Waals surface area contributed by atoms with Crippen molar-refractivity contribution in [2.75, 3.05) is 20.7 Å². The van der Waals surface area contributed by atoms with E-state index in [-0.39, 0.29) is 37.1 Å². The van der Waals surface area contributed by atoms with E-state index in [1.54, 1.807) is 13.1 Å². The second-order valence-corrected chi connectivity index (χ2v) is 7.14. The molecular weight excluding hydrogens is 353 g/mol. The Kier molecular flexibility index (Phi) is 5.34. The van der Waals surface area contributed by atoms with Crippen molar-refractivity contribution in [1.82, 2.24) is 15.1 Å². The van der Waals surface area contributed by atoms with Gasteiger partial charge < -0.3 is 15.0 Å². The fraction of sp³-hybridized carbons (Fsp3) is 0.526. The van der Waals surface area contributed by atoms with Crippen LogP contribution in [0.4, 0.5) is 9.18 Å². The van der Waals surface area contributed by atoms with Crippen LogP contribution in [0.15, 0.2) is 18.2 Å². The van der Waals surface area contributed by atoms with Gasteiger partial charge in [-0.3, -0.25) is 14.5 Å². The summed E-state index contributed by atoms with van der Waals surface area (Å²) in [5, 5.41) is 2.80. The SMILES string of the molecule is COc1ccc(CN(C)C(=O)CCN2C(=O)NC3(CCCC3)C2=O)cc1F. The summed E-state index contributed by atoms with van der Waals surface area (Å²) < 4.78 is 18.6. The average Bonchev–Trinajstić information content (AvgIpc) is 3.19. The lowest BCUT2D eigenvalue weighted by Crippen LogP contribution is -2.44. The van der Waals surface area contributed by atoms with Crippen LogP contribution < -0.4 is 10.1 Å². The third-order valence-electron chi connectivity index (χ3n) is 5.31. The van der Waals surface area contributed by atoms with E-state index in [1.165, 1.54) is 24.1 Å². The molecule has 146 valence electrons. The maximum atomic E-state index is 13.8. The molecule has 1 aliphatic heterocycles. The molecule has 1 aromatic carbocycles. The normalized spacial score (nSPS) is 18.1. The summed E-state index contributed by atoms with van der Waals surface area (Å²) in [6.07, 6.45) is 3.18. The molecule has 1 aliphatic carbocycles. The summed E-state index contributed by atoms with van der Waals surface area (Å²) in [5.41, 5.74) is -0.129. The molecule has 3 rings (SSSR count). The highest BCUT2D eigenvalue weighted by Gasteiger charge is 2.52. The molecule has 1 N–H and O–H groups in total. The van der Waals surface area contributed by atoms with Gasteiger partial charge in [0.05, 0.1) is 7.11 Å². The summed E-state index contributed by atoms with van der Waals surface area (Å²) in [6.45, 7) is 0.274. The Bertz CT molecular complexity index is 761. The lowest BCUT2D eigenvalue weighted by atomic mass is 9.98. The van der Waals surface area contributed by atoms with Crippen molar-refractivity contribution in [3.8, 4) is 5.75 Å². The first-order chi connectivity index (χ1) is 12.9. The Morgan fingerprint density at radius 1 is 1.33 bits per heavy atom. The second-order valence-electron chi connectivity index (χ2n) is 7.14. The molecule has 1 saturated heterocycles. The van der Waals surface area contributed by atoms with E-state index in [1.807, 2.05) is 0 Å². The Labute approximate surface area is 157 Å². The van der Waals surface area contributed by atoms with Crippen molar-refractivity contribution in [3.05, 3.63) is 29.6 Å². The van der Waals surface area contributed by atoms with Crippen molar-refractivity contribution < 1.29 is 23.5 Å². The number of halogens is 1. The van der Waals surface area contributed by atoms with Gasteiger partial charge in [-0.2, -0.15) is 0 Å². The Hall–Kier alpha value is -2.64. The zero-order valence-corrected chi connectivity index (χ0v) is 15.6. The fourth-order valence-electron chi connectivity index (χ4n) is 3.77. The Morgan fingerprint density at radius 3 is 2.67 bits per heavy atom. The molecule has 0 atom stereocenters. The van der Waals surface area contributed by atoms with Crippen LogP contribution in [0.25, 0.3) is 0 Å². The lowest BCUT2D eigenvalue weighted by molar-refractivity contribution is -0.133. The molecule has 7 nitrogen and oxygen atoms in total. The maximum Gasteiger partial charge on any atom is 0.325 e. The van der Waals surface area contributed by atoms with E-state index in [9.17, 15) is 18.8 Å². The summed E-state index contributed by atoms with van der Waals surface area (Å²) in [6, 6.07) is 4.10. The van der Waals surface area contributed by atoms with Crippen molar-refractivity contribution in [2.45, 2.75) is 44.2 Å². The van der Waals surface area contributed by atoms with E-state index in [0.717, 1.165) is 17.7 Å². The van der Waals surface area contributed by atoms with Crippen molar-refractivity contribution in [2.24, 2.45) is 0 Å². The first kappa shape index (κ1) is 19.1. The van der Waals surface area contributed by atoms with Gasteiger partial charge in [0, 0.05) is 26.6 Å². The van der Waals surface area contributed by atoms with E-state index in [2.05, 4.69) is 5.32 Å².